The summed E-state index contributed by atoms with van der Waals surface area (Å²) in [5, 5.41) is 47.4. The van der Waals surface area contributed by atoms with Crippen molar-refractivity contribution in [3.8, 4) is 5.75 Å². The predicted molar refractivity (Wildman–Crippen MR) is 217 cm³/mol. The van der Waals surface area contributed by atoms with E-state index in [4.69, 9.17) is 25.5 Å². The molecule has 6 rings (SSSR count). The number of hydrogen-bond acceptors (Lipinski definition) is 7. The van der Waals surface area contributed by atoms with Crippen LogP contribution in [0.4, 0.5) is 0 Å². The van der Waals surface area contributed by atoms with Crippen molar-refractivity contribution in [3.63, 3.8) is 0 Å². The molecule has 2 aromatic heterocycles. The summed E-state index contributed by atoms with van der Waals surface area (Å²) in [6.45, 7) is 5.47. The van der Waals surface area contributed by atoms with E-state index in [1.165, 1.54) is 24.4 Å². The van der Waals surface area contributed by atoms with Crippen LogP contribution >= 0.6 is 7.37 Å². The number of carbonyl (C=O) groups excluding carboxylic acids is 1. The first-order chi connectivity index (χ1) is 27.4. The van der Waals surface area contributed by atoms with E-state index in [0.29, 0.717) is 21.7 Å². The van der Waals surface area contributed by atoms with Crippen molar-refractivity contribution < 1.29 is 59.0 Å². The fourth-order valence-corrected chi connectivity index (χ4v) is 6.97. The Hall–Kier alpha value is -6.96. The van der Waals surface area contributed by atoms with Gasteiger partial charge in [0, 0.05) is 40.1 Å². The van der Waals surface area contributed by atoms with Crippen LogP contribution in [0.15, 0.2) is 122 Å². The highest BCUT2D eigenvalue weighted by atomic mass is 31.2. The molecule has 9 N–H and O–H groups in total. The molecular weight excluding hydrogens is 769 g/mol. The first kappa shape index (κ1) is 45.4. The van der Waals surface area contributed by atoms with Crippen LogP contribution in [0.2, 0.25) is 0 Å². The lowest BCUT2D eigenvalue weighted by Gasteiger charge is -2.13. The lowest BCUT2D eigenvalue weighted by atomic mass is 10.0. The van der Waals surface area contributed by atoms with E-state index in [2.05, 4.69) is 15.3 Å². The SMILES string of the molecule is CC(C(=O)O)c1ccc(O)cc1.Cc1cc(C)cc(P(=O)(O)c2ccccc2)c1.O=C(O)CC(NC(=O)Cc1c[nH]c2ccccc12)C(=O)O.O=C(O)c1cc[nH]c1. The zero-order valence-corrected chi connectivity index (χ0v) is 32.6. The Morgan fingerprint density at radius 2 is 1.34 bits per heavy atom. The normalized spacial score (nSPS) is 12.3. The van der Waals surface area contributed by atoms with E-state index in [9.17, 15) is 33.4 Å². The number of carboxylic acids is 4. The molecule has 304 valence electrons. The highest BCUT2D eigenvalue weighted by Gasteiger charge is 2.25. The van der Waals surface area contributed by atoms with Crippen molar-refractivity contribution in [2.45, 2.75) is 45.6 Å². The van der Waals surface area contributed by atoms with Crippen LogP contribution in [0, 0.1) is 13.8 Å². The summed E-state index contributed by atoms with van der Waals surface area (Å²) < 4.78 is 12.5. The number of benzene rings is 4. The van der Waals surface area contributed by atoms with Crippen molar-refractivity contribution in [3.05, 3.63) is 150 Å². The molecule has 0 aliphatic carbocycles. The fourth-order valence-electron chi connectivity index (χ4n) is 5.34. The molecular formula is C42H44N3O12P. The number of aromatic carboxylic acids is 1. The summed E-state index contributed by atoms with van der Waals surface area (Å²) in [6, 6.07) is 28.0. The van der Waals surface area contributed by atoms with Gasteiger partial charge in [-0.2, -0.15) is 0 Å². The topological polar surface area (TPSA) is 267 Å². The number of H-pyrrole nitrogens is 2. The number of amides is 1. The lowest BCUT2D eigenvalue weighted by Crippen LogP contribution is -2.42. The number of fused-ring (bicyclic) bond motifs is 1. The molecule has 2 heterocycles. The molecule has 3 atom stereocenters. The van der Waals surface area contributed by atoms with Crippen LogP contribution in [-0.4, -0.2) is 76.2 Å². The molecule has 1 amide bonds. The van der Waals surface area contributed by atoms with Gasteiger partial charge in [0.05, 0.1) is 24.3 Å². The minimum absolute atomic E-state index is 0.0204. The number of carbonyl (C=O) groups is 5. The van der Waals surface area contributed by atoms with Gasteiger partial charge < -0.3 is 45.7 Å². The molecule has 0 spiro atoms. The van der Waals surface area contributed by atoms with Gasteiger partial charge in [-0.25, -0.2) is 9.59 Å². The second-order valence-corrected chi connectivity index (χ2v) is 15.1. The summed E-state index contributed by atoms with van der Waals surface area (Å²) in [5.74, 6) is -5.32. The van der Waals surface area contributed by atoms with Crippen molar-refractivity contribution >= 4 is 58.7 Å². The van der Waals surface area contributed by atoms with Gasteiger partial charge in [0.2, 0.25) is 5.91 Å². The number of rotatable bonds is 11. The minimum atomic E-state index is -3.45. The number of hydrogen-bond donors (Lipinski definition) is 9. The van der Waals surface area contributed by atoms with Crippen LogP contribution in [0.25, 0.3) is 10.9 Å². The number of para-hydroxylation sites is 1. The Morgan fingerprint density at radius 3 is 1.86 bits per heavy atom. The number of nitrogens with one attached hydrogen (secondary N) is 3. The van der Waals surface area contributed by atoms with Crippen molar-refractivity contribution in [1.82, 2.24) is 15.3 Å². The third-order valence-corrected chi connectivity index (χ3v) is 10.3. The van der Waals surface area contributed by atoms with Crippen LogP contribution < -0.4 is 15.9 Å². The Balaban J connectivity index is 0.000000218. The molecule has 0 saturated carbocycles. The lowest BCUT2D eigenvalue weighted by molar-refractivity contribution is -0.147. The Morgan fingerprint density at radius 1 is 0.741 bits per heavy atom. The zero-order valence-electron chi connectivity index (χ0n) is 31.7. The summed E-state index contributed by atoms with van der Waals surface area (Å²) in [5.41, 5.74) is 4.60. The van der Waals surface area contributed by atoms with Crippen molar-refractivity contribution in [1.29, 1.82) is 0 Å². The van der Waals surface area contributed by atoms with Gasteiger partial charge in [0.25, 0.3) is 7.37 Å². The zero-order chi connectivity index (χ0) is 43.0. The van der Waals surface area contributed by atoms with Crippen LogP contribution in [0.3, 0.4) is 0 Å². The van der Waals surface area contributed by atoms with Gasteiger partial charge in [-0.15, -0.1) is 0 Å². The Kier molecular flexibility index (Phi) is 16.7. The number of carboxylic acid groups (broad SMARTS) is 4. The number of phenols is 1. The van der Waals surface area contributed by atoms with E-state index < -0.39 is 55.5 Å². The van der Waals surface area contributed by atoms with Gasteiger partial charge >= 0.3 is 23.9 Å². The van der Waals surface area contributed by atoms with Gasteiger partial charge in [-0.3, -0.25) is 18.9 Å². The number of aromatic hydroxyl groups is 1. The van der Waals surface area contributed by atoms with Crippen LogP contribution in [-0.2, 0) is 30.2 Å². The summed E-state index contributed by atoms with van der Waals surface area (Å²) in [6.07, 6.45) is 4.01. The van der Waals surface area contributed by atoms with Gasteiger partial charge in [0.15, 0.2) is 0 Å². The Bertz CT molecular complexity index is 2340. The van der Waals surface area contributed by atoms with Gasteiger partial charge in [-0.1, -0.05) is 65.7 Å². The molecule has 0 fully saturated rings. The standard InChI is InChI=1S/C14H14N2O5.C14H15O2P.C9H10O3.C5H5NO2/c17-12(16-11(14(20)21)6-13(18)19)5-8-7-15-10-4-2-1-3-9(8)10;1-11-8-12(2)10-14(9-11)17(15,16)13-6-4-3-5-7-13;1-6(9(11)12)7-2-4-8(10)5-3-7;7-5(8)4-1-2-6-3-4/h1-4,7,11,15H,5-6H2,(H,16,17)(H,18,19)(H,20,21);3-10H,1-2H3,(H,15,16);2-6,10H,1H3,(H,11,12);1-3,6H,(H,7,8). The third kappa shape index (κ3) is 14.0. The number of aliphatic carboxylic acids is 3. The van der Waals surface area contributed by atoms with Crippen LogP contribution in [0.5, 0.6) is 5.75 Å². The number of aromatic nitrogens is 2. The molecule has 0 aliphatic rings. The largest absolute Gasteiger partial charge is 0.508 e. The molecule has 0 bridgehead atoms. The molecule has 16 heteroatoms. The number of phenolic OH excluding ortho intramolecular Hbond substituents is 1. The average molecular weight is 814 g/mol. The highest BCUT2D eigenvalue weighted by molar-refractivity contribution is 7.73. The molecule has 3 unspecified atom stereocenters. The summed E-state index contributed by atoms with van der Waals surface area (Å²) >= 11 is 0. The van der Waals surface area contributed by atoms with E-state index in [1.54, 1.807) is 67.8 Å². The van der Waals surface area contributed by atoms with Crippen LogP contribution in [0.1, 0.15) is 51.9 Å². The molecule has 6 aromatic rings. The van der Waals surface area contributed by atoms with Crippen molar-refractivity contribution in [2.75, 3.05) is 0 Å². The molecule has 0 aliphatic heterocycles. The molecule has 0 saturated heterocycles. The molecule has 58 heavy (non-hydrogen) atoms. The van der Waals surface area contributed by atoms with E-state index >= 15 is 0 Å². The smallest absolute Gasteiger partial charge is 0.337 e. The first-order valence-corrected chi connectivity index (χ1v) is 19.2. The second kappa shape index (κ2) is 21.4. The first-order valence-electron chi connectivity index (χ1n) is 17.5. The summed E-state index contributed by atoms with van der Waals surface area (Å²) in [4.78, 5) is 69.8. The maximum atomic E-state index is 12.5. The Labute approximate surface area is 333 Å². The predicted octanol–water partition coefficient (Wildman–Crippen LogP) is 5.57. The second-order valence-electron chi connectivity index (χ2n) is 12.9. The third-order valence-electron chi connectivity index (χ3n) is 8.31. The minimum Gasteiger partial charge on any atom is -0.508 e. The monoisotopic (exact) mass is 813 g/mol. The molecule has 4 aromatic carbocycles. The van der Waals surface area contributed by atoms with E-state index in [1.807, 2.05) is 50.2 Å². The number of aryl methyl sites for hydroxylation is 2. The molecule has 0 radical (unpaired) electrons. The summed E-state index contributed by atoms with van der Waals surface area (Å²) in [7, 11) is -3.45. The van der Waals surface area contributed by atoms with Gasteiger partial charge in [0.1, 0.15) is 11.8 Å². The average Bonchev–Trinajstić information content (AvgIpc) is 3.87. The highest BCUT2D eigenvalue weighted by Crippen LogP contribution is 2.38. The van der Waals surface area contributed by atoms with E-state index in [-0.39, 0.29) is 12.2 Å². The van der Waals surface area contributed by atoms with E-state index in [0.717, 1.165) is 27.6 Å². The quantitative estimate of drug-likeness (QED) is 0.0727. The molecule has 15 nitrogen and oxygen atoms in total. The fraction of sp³-hybridized carbons (Fsp3) is 0.167. The van der Waals surface area contributed by atoms with Crippen molar-refractivity contribution in [2.24, 2.45) is 0 Å². The number of aromatic amines is 2. The maximum Gasteiger partial charge on any atom is 0.337 e. The maximum absolute atomic E-state index is 12.5. The van der Waals surface area contributed by atoms with Gasteiger partial charge in [-0.05, 0) is 80.4 Å².